The van der Waals surface area contributed by atoms with E-state index in [9.17, 15) is 4.39 Å². The maximum absolute atomic E-state index is 11.3. The number of halogens is 1. The summed E-state index contributed by atoms with van der Waals surface area (Å²) in [6.07, 6.45) is 3.11. The second-order valence-corrected chi connectivity index (χ2v) is 2.08. The molecule has 0 rings (SSSR count). The minimum absolute atomic E-state index is 0.487. The summed E-state index contributed by atoms with van der Waals surface area (Å²) in [7, 11) is 0. The maximum atomic E-state index is 11.3. The van der Waals surface area contributed by atoms with Crippen molar-refractivity contribution in [2.75, 3.05) is 6.54 Å². The molecule has 0 aliphatic heterocycles. The van der Waals surface area contributed by atoms with E-state index in [0.29, 0.717) is 18.9 Å². The highest BCUT2D eigenvalue weighted by atomic mass is 19.1. The van der Waals surface area contributed by atoms with Crippen molar-refractivity contribution in [1.82, 2.24) is 5.32 Å². The van der Waals surface area contributed by atoms with Crippen molar-refractivity contribution in [3.05, 3.63) is 12.4 Å². The van der Waals surface area contributed by atoms with Gasteiger partial charge in [-0.05, 0) is 19.4 Å². The molecule has 0 radical (unpaired) electrons. The first-order valence-corrected chi connectivity index (χ1v) is 3.29. The van der Waals surface area contributed by atoms with Crippen LogP contribution in [0, 0.1) is 0 Å². The van der Waals surface area contributed by atoms with E-state index in [1.54, 1.807) is 0 Å². The minimum atomic E-state index is 0.487. The zero-order chi connectivity index (χ0) is 7.11. The van der Waals surface area contributed by atoms with Gasteiger partial charge in [0.25, 0.3) is 0 Å². The zero-order valence-corrected chi connectivity index (χ0v) is 6.02. The fraction of sp³-hybridized carbons (Fsp3) is 0.714. The number of rotatable bonds is 4. The Hall–Kier alpha value is -0.370. The average Bonchev–Trinajstić information content (AvgIpc) is 1.89. The Kier molecular flexibility index (Phi) is 5.52. The molecule has 0 bridgehead atoms. The van der Waals surface area contributed by atoms with Crippen LogP contribution in [0.3, 0.4) is 0 Å². The molecular formula is C7H14FN. The summed E-state index contributed by atoms with van der Waals surface area (Å²) in [6, 6.07) is 0.487. The van der Waals surface area contributed by atoms with Crippen molar-refractivity contribution in [1.29, 1.82) is 0 Å². The van der Waals surface area contributed by atoms with Crippen LogP contribution in [0.4, 0.5) is 4.39 Å². The summed E-state index contributed by atoms with van der Waals surface area (Å²) in [5.41, 5.74) is 0. The Balaban J connectivity index is 3.06. The van der Waals surface area contributed by atoms with Crippen LogP contribution in [0.15, 0.2) is 12.4 Å². The van der Waals surface area contributed by atoms with Crippen LogP contribution in [-0.4, -0.2) is 12.6 Å². The van der Waals surface area contributed by atoms with E-state index in [4.69, 9.17) is 0 Å². The smallest absolute Gasteiger partial charge is 0.0839 e. The molecule has 54 valence electrons. The van der Waals surface area contributed by atoms with Crippen LogP contribution >= 0.6 is 0 Å². The van der Waals surface area contributed by atoms with Crippen molar-refractivity contribution < 1.29 is 4.39 Å². The molecule has 2 heteroatoms. The third-order valence-electron chi connectivity index (χ3n) is 1.29. The fourth-order valence-corrected chi connectivity index (χ4v) is 0.458. The second-order valence-electron chi connectivity index (χ2n) is 2.08. The number of hydrogen-bond donors (Lipinski definition) is 1. The Morgan fingerprint density at radius 1 is 1.67 bits per heavy atom. The molecule has 1 N–H and O–H groups in total. The van der Waals surface area contributed by atoms with Crippen LogP contribution in [0.25, 0.3) is 0 Å². The van der Waals surface area contributed by atoms with E-state index in [0.717, 1.165) is 6.42 Å². The highest BCUT2D eigenvalue weighted by molar-refractivity contribution is 4.76. The van der Waals surface area contributed by atoms with Crippen LogP contribution in [0.2, 0.25) is 0 Å². The first-order chi connectivity index (χ1) is 4.31. The molecular weight excluding hydrogens is 117 g/mol. The predicted octanol–water partition coefficient (Wildman–Crippen LogP) is 1.86. The molecule has 0 spiro atoms. The largest absolute Gasteiger partial charge is 0.311 e. The maximum Gasteiger partial charge on any atom is 0.0839 e. The van der Waals surface area contributed by atoms with Gasteiger partial charge in [0, 0.05) is 12.6 Å². The quantitative estimate of drug-likeness (QED) is 0.614. The molecule has 1 atom stereocenters. The number of hydrogen-bond acceptors (Lipinski definition) is 1. The highest BCUT2D eigenvalue weighted by Gasteiger charge is 1.91. The molecule has 9 heavy (non-hydrogen) atoms. The minimum Gasteiger partial charge on any atom is -0.311 e. The Labute approximate surface area is 56.0 Å². The highest BCUT2D eigenvalue weighted by Crippen LogP contribution is 1.85. The monoisotopic (exact) mass is 131 g/mol. The zero-order valence-electron chi connectivity index (χ0n) is 6.02. The summed E-state index contributed by atoms with van der Waals surface area (Å²) in [6.45, 7) is 4.80. The topological polar surface area (TPSA) is 12.0 Å². The second kappa shape index (κ2) is 5.76. The third kappa shape index (κ3) is 5.50. The van der Waals surface area contributed by atoms with Crippen LogP contribution < -0.4 is 5.32 Å². The van der Waals surface area contributed by atoms with Crippen molar-refractivity contribution in [3.8, 4) is 0 Å². The van der Waals surface area contributed by atoms with E-state index in [2.05, 4.69) is 19.2 Å². The summed E-state index contributed by atoms with van der Waals surface area (Å²) < 4.78 is 11.3. The molecule has 0 amide bonds. The van der Waals surface area contributed by atoms with Gasteiger partial charge in [0.1, 0.15) is 0 Å². The van der Waals surface area contributed by atoms with E-state index >= 15 is 0 Å². The molecule has 0 aromatic carbocycles. The predicted molar refractivity (Wildman–Crippen MR) is 38.0 cm³/mol. The van der Waals surface area contributed by atoms with Crippen LogP contribution in [0.5, 0.6) is 0 Å². The number of nitrogens with one attached hydrogen (secondary N) is 1. The van der Waals surface area contributed by atoms with Crippen molar-refractivity contribution in [3.63, 3.8) is 0 Å². The summed E-state index contributed by atoms with van der Waals surface area (Å²) in [5, 5.41) is 3.11. The van der Waals surface area contributed by atoms with Gasteiger partial charge >= 0.3 is 0 Å². The lowest BCUT2D eigenvalue weighted by Crippen LogP contribution is -2.24. The lowest BCUT2D eigenvalue weighted by Gasteiger charge is -2.07. The molecule has 0 saturated carbocycles. The van der Waals surface area contributed by atoms with Gasteiger partial charge in [-0.2, -0.15) is 0 Å². The lowest BCUT2D eigenvalue weighted by molar-refractivity contribution is 0.564. The molecule has 0 heterocycles. The van der Waals surface area contributed by atoms with Gasteiger partial charge < -0.3 is 5.32 Å². The van der Waals surface area contributed by atoms with Crippen LogP contribution in [-0.2, 0) is 0 Å². The van der Waals surface area contributed by atoms with Gasteiger partial charge in [-0.3, -0.25) is 0 Å². The first-order valence-electron chi connectivity index (χ1n) is 3.29. The molecule has 1 unspecified atom stereocenters. The average molecular weight is 131 g/mol. The van der Waals surface area contributed by atoms with E-state index < -0.39 is 0 Å². The molecule has 0 fully saturated rings. The fourth-order valence-electron chi connectivity index (χ4n) is 0.458. The van der Waals surface area contributed by atoms with E-state index in [1.165, 1.54) is 6.08 Å². The summed E-state index contributed by atoms with van der Waals surface area (Å²) >= 11 is 0. The molecule has 0 aromatic heterocycles. The molecule has 0 aromatic rings. The van der Waals surface area contributed by atoms with Gasteiger partial charge in [0.05, 0.1) is 6.33 Å². The van der Waals surface area contributed by atoms with Gasteiger partial charge in [0.15, 0.2) is 0 Å². The van der Waals surface area contributed by atoms with Gasteiger partial charge in [-0.25, -0.2) is 4.39 Å². The van der Waals surface area contributed by atoms with E-state index in [1.807, 2.05) is 0 Å². The SMILES string of the molecule is CCC(C)NCC=CF. The van der Waals surface area contributed by atoms with E-state index in [-0.39, 0.29) is 0 Å². The normalized spacial score (nSPS) is 14.6. The van der Waals surface area contributed by atoms with Crippen molar-refractivity contribution in [2.24, 2.45) is 0 Å². The first kappa shape index (κ1) is 8.63. The third-order valence-corrected chi connectivity index (χ3v) is 1.29. The lowest BCUT2D eigenvalue weighted by atomic mass is 10.3. The summed E-state index contributed by atoms with van der Waals surface area (Å²) in [5.74, 6) is 0. The molecule has 0 aliphatic carbocycles. The Bertz CT molecular complexity index is 81.0. The molecule has 1 nitrogen and oxygen atoms in total. The molecule has 0 saturated heterocycles. The standard InChI is InChI=1S/C7H14FN/c1-3-7(2)9-6-4-5-8/h4-5,7,9H,3,6H2,1-2H3. The summed E-state index contributed by atoms with van der Waals surface area (Å²) in [4.78, 5) is 0. The molecule has 0 aliphatic rings. The van der Waals surface area contributed by atoms with Crippen LogP contribution in [0.1, 0.15) is 20.3 Å². The van der Waals surface area contributed by atoms with Gasteiger partial charge in [0.2, 0.25) is 0 Å². The van der Waals surface area contributed by atoms with Crippen molar-refractivity contribution >= 4 is 0 Å². The Morgan fingerprint density at radius 3 is 2.78 bits per heavy atom. The van der Waals surface area contributed by atoms with Gasteiger partial charge in [-0.1, -0.05) is 6.92 Å². The van der Waals surface area contributed by atoms with Gasteiger partial charge in [-0.15, -0.1) is 0 Å². The van der Waals surface area contributed by atoms with Crippen molar-refractivity contribution in [2.45, 2.75) is 26.3 Å². The Morgan fingerprint density at radius 2 is 2.33 bits per heavy atom.